The van der Waals surface area contributed by atoms with Crippen molar-refractivity contribution >= 4 is 15.9 Å². The first-order valence-corrected chi connectivity index (χ1v) is 6.64. The van der Waals surface area contributed by atoms with E-state index in [9.17, 15) is 4.39 Å². The molecule has 1 saturated heterocycles. The maximum atomic E-state index is 13.4. The average molecular weight is 286 g/mol. The number of nitrogens with zero attached hydrogens (tertiary/aromatic N) is 1. The fraction of sp³-hybridized carbons (Fsp3) is 0.538. The molecule has 2 rings (SSSR count). The zero-order valence-corrected chi connectivity index (χ0v) is 11.1. The van der Waals surface area contributed by atoms with Gasteiger partial charge in [0.25, 0.3) is 0 Å². The average Bonchev–Trinajstić information content (AvgIpc) is 2.28. The molecule has 1 nitrogen and oxygen atoms in total. The molecule has 0 aliphatic carbocycles. The Hall–Kier alpha value is -0.410. The standard InChI is InChI=1S/C13H17BrFN/c1-10-5-2-3-8-16(10)9-11-6-4-7-12(15)13(11)14/h4,6-7,10H,2-3,5,8-9H2,1H3. The van der Waals surface area contributed by atoms with Crippen molar-refractivity contribution in [3.63, 3.8) is 0 Å². The third kappa shape index (κ3) is 2.64. The van der Waals surface area contributed by atoms with Gasteiger partial charge in [-0.2, -0.15) is 0 Å². The molecule has 0 saturated carbocycles. The summed E-state index contributed by atoms with van der Waals surface area (Å²) in [6.45, 7) is 4.23. The van der Waals surface area contributed by atoms with Crippen molar-refractivity contribution < 1.29 is 4.39 Å². The van der Waals surface area contributed by atoms with Crippen LogP contribution < -0.4 is 0 Å². The van der Waals surface area contributed by atoms with Gasteiger partial charge in [-0.05, 0) is 53.9 Å². The van der Waals surface area contributed by atoms with Gasteiger partial charge in [0.05, 0.1) is 4.47 Å². The van der Waals surface area contributed by atoms with Gasteiger partial charge in [-0.1, -0.05) is 18.6 Å². The predicted octanol–water partition coefficient (Wildman–Crippen LogP) is 3.96. The van der Waals surface area contributed by atoms with Crippen molar-refractivity contribution in [3.05, 3.63) is 34.1 Å². The molecular weight excluding hydrogens is 269 g/mol. The van der Waals surface area contributed by atoms with E-state index in [1.165, 1.54) is 25.3 Å². The molecule has 1 fully saturated rings. The lowest BCUT2D eigenvalue weighted by Gasteiger charge is -2.33. The first-order valence-electron chi connectivity index (χ1n) is 5.85. The molecule has 0 amide bonds. The number of piperidine rings is 1. The SMILES string of the molecule is CC1CCCCN1Cc1cccc(F)c1Br. The predicted molar refractivity (Wildman–Crippen MR) is 67.8 cm³/mol. The second kappa shape index (κ2) is 5.28. The molecule has 1 aliphatic rings. The van der Waals surface area contributed by atoms with E-state index in [-0.39, 0.29) is 5.82 Å². The lowest BCUT2D eigenvalue weighted by molar-refractivity contribution is 0.152. The molecule has 1 atom stereocenters. The Morgan fingerprint density at radius 1 is 1.44 bits per heavy atom. The van der Waals surface area contributed by atoms with Gasteiger partial charge >= 0.3 is 0 Å². The zero-order valence-electron chi connectivity index (χ0n) is 9.55. The number of likely N-dealkylation sites (tertiary alicyclic amines) is 1. The summed E-state index contributed by atoms with van der Waals surface area (Å²) in [5, 5.41) is 0. The van der Waals surface area contributed by atoms with E-state index in [0.29, 0.717) is 10.5 Å². The van der Waals surface area contributed by atoms with Gasteiger partial charge in [-0.15, -0.1) is 0 Å². The van der Waals surface area contributed by atoms with Gasteiger partial charge in [0.1, 0.15) is 5.82 Å². The van der Waals surface area contributed by atoms with Gasteiger partial charge in [-0.25, -0.2) is 4.39 Å². The molecule has 0 spiro atoms. The molecule has 0 N–H and O–H groups in total. The van der Waals surface area contributed by atoms with Crippen LogP contribution in [0.2, 0.25) is 0 Å². The molecule has 16 heavy (non-hydrogen) atoms. The van der Waals surface area contributed by atoms with Crippen LogP contribution in [0.3, 0.4) is 0 Å². The summed E-state index contributed by atoms with van der Waals surface area (Å²) < 4.78 is 14.0. The van der Waals surface area contributed by atoms with Crippen LogP contribution in [0.25, 0.3) is 0 Å². The number of hydrogen-bond acceptors (Lipinski definition) is 1. The summed E-state index contributed by atoms with van der Waals surface area (Å²) in [5.74, 6) is -0.165. The third-order valence-corrected chi connectivity index (χ3v) is 4.23. The maximum absolute atomic E-state index is 13.4. The van der Waals surface area contributed by atoms with Crippen molar-refractivity contribution in [1.29, 1.82) is 0 Å². The van der Waals surface area contributed by atoms with E-state index in [1.807, 2.05) is 6.07 Å². The van der Waals surface area contributed by atoms with Crippen LogP contribution in [0.5, 0.6) is 0 Å². The summed E-state index contributed by atoms with van der Waals surface area (Å²) in [6, 6.07) is 5.88. The molecule has 1 heterocycles. The second-order valence-electron chi connectivity index (χ2n) is 4.53. The van der Waals surface area contributed by atoms with E-state index in [4.69, 9.17) is 0 Å². The quantitative estimate of drug-likeness (QED) is 0.795. The monoisotopic (exact) mass is 285 g/mol. The summed E-state index contributed by atoms with van der Waals surface area (Å²) in [4.78, 5) is 2.43. The lowest BCUT2D eigenvalue weighted by Crippen LogP contribution is -2.36. The van der Waals surface area contributed by atoms with Gasteiger partial charge in [0.15, 0.2) is 0 Å². The number of benzene rings is 1. The Bertz CT molecular complexity index is 367. The van der Waals surface area contributed by atoms with Gasteiger partial charge < -0.3 is 0 Å². The van der Waals surface area contributed by atoms with Crippen LogP contribution in [0.15, 0.2) is 22.7 Å². The summed E-state index contributed by atoms with van der Waals surface area (Å²) >= 11 is 3.33. The Labute approximate surface area is 105 Å². The van der Waals surface area contributed by atoms with E-state index in [1.54, 1.807) is 6.07 Å². The molecule has 0 bridgehead atoms. The molecule has 1 aromatic rings. The molecule has 0 radical (unpaired) electrons. The van der Waals surface area contributed by atoms with Gasteiger partial charge in [0, 0.05) is 12.6 Å². The maximum Gasteiger partial charge on any atom is 0.137 e. The Balaban J connectivity index is 2.10. The fourth-order valence-corrected chi connectivity index (χ4v) is 2.67. The Morgan fingerprint density at radius 3 is 3.00 bits per heavy atom. The Kier molecular flexibility index (Phi) is 3.98. The zero-order chi connectivity index (χ0) is 11.5. The van der Waals surface area contributed by atoms with Gasteiger partial charge in [-0.3, -0.25) is 4.90 Å². The summed E-state index contributed by atoms with van der Waals surface area (Å²) in [7, 11) is 0. The van der Waals surface area contributed by atoms with Crippen LogP contribution in [-0.4, -0.2) is 17.5 Å². The fourth-order valence-electron chi connectivity index (χ4n) is 2.28. The van der Waals surface area contributed by atoms with Crippen LogP contribution in [0, 0.1) is 5.82 Å². The molecule has 1 aliphatic heterocycles. The minimum Gasteiger partial charge on any atom is -0.296 e. The van der Waals surface area contributed by atoms with Crippen molar-refractivity contribution in [3.8, 4) is 0 Å². The number of rotatable bonds is 2. The van der Waals surface area contributed by atoms with Crippen molar-refractivity contribution in [1.82, 2.24) is 4.90 Å². The highest BCUT2D eigenvalue weighted by Crippen LogP contribution is 2.25. The number of hydrogen-bond donors (Lipinski definition) is 0. The highest BCUT2D eigenvalue weighted by Gasteiger charge is 2.19. The van der Waals surface area contributed by atoms with Crippen LogP contribution in [0.4, 0.5) is 4.39 Å². The van der Waals surface area contributed by atoms with E-state index in [0.717, 1.165) is 18.7 Å². The van der Waals surface area contributed by atoms with Crippen LogP contribution in [-0.2, 0) is 6.54 Å². The first kappa shape index (κ1) is 12.1. The summed E-state index contributed by atoms with van der Waals surface area (Å²) in [5.41, 5.74) is 1.05. The normalized spacial score (nSPS) is 22.3. The third-order valence-electron chi connectivity index (χ3n) is 3.35. The lowest BCUT2D eigenvalue weighted by atomic mass is 10.0. The van der Waals surface area contributed by atoms with E-state index in [2.05, 4.69) is 27.8 Å². The largest absolute Gasteiger partial charge is 0.296 e. The molecule has 3 heteroatoms. The minimum atomic E-state index is -0.165. The van der Waals surface area contributed by atoms with Crippen LogP contribution >= 0.6 is 15.9 Å². The van der Waals surface area contributed by atoms with Gasteiger partial charge in [0.2, 0.25) is 0 Å². The summed E-state index contributed by atoms with van der Waals surface area (Å²) in [6.07, 6.45) is 3.84. The van der Waals surface area contributed by atoms with Crippen molar-refractivity contribution in [2.75, 3.05) is 6.54 Å². The smallest absolute Gasteiger partial charge is 0.137 e. The molecule has 88 valence electrons. The highest BCUT2D eigenvalue weighted by molar-refractivity contribution is 9.10. The number of halogens is 2. The van der Waals surface area contributed by atoms with Crippen LogP contribution in [0.1, 0.15) is 31.7 Å². The Morgan fingerprint density at radius 2 is 2.25 bits per heavy atom. The topological polar surface area (TPSA) is 3.24 Å². The second-order valence-corrected chi connectivity index (χ2v) is 5.32. The van der Waals surface area contributed by atoms with E-state index >= 15 is 0 Å². The molecule has 1 aromatic carbocycles. The minimum absolute atomic E-state index is 0.165. The highest BCUT2D eigenvalue weighted by atomic mass is 79.9. The molecule has 0 aromatic heterocycles. The molecular formula is C13H17BrFN. The van der Waals surface area contributed by atoms with E-state index < -0.39 is 0 Å². The first-order chi connectivity index (χ1) is 7.68. The molecule has 1 unspecified atom stereocenters. The van der Waals surface area contributed by atoms with Crippen molar-refractivity contribution in [2.45, 2.75) is 38.8 Å². The van der Waals surface area contributed by atoms with Crippen molar-refractivity contribution in [2.24, 2.45) is 0 Å².